The molecule has 0 saturated heterocycles. The topological polar surface area (TPSA) is 9.23 Å². The summed E-state index contributed by atoms with van der Waals surface area (Å²) in [5.41, 5.74) is 0.251. The molecule has 2 aromatic carbocycles. The lowest BCUT2D eigenvalue weighted by atomic mass is 9.79. The first-order chi connectivity index (χ1) is 15.0. The van der Waals surface area contributed by atoms with E-state index in [1.165, 1.54) is 0 Å². The standard InChI is InChI=1S/C24H25F7O/c1-2-32-14-15-3-5-16(6-4-15)17-7-9-18(10-8-17)19-11-12-20(21(25)13-19)23(27,28)22(26)24(29,30)31/h7-13,15-16,22H,2-6,14H2,1H3. The molecule has 1 nitrogen and oxygen atoms in total. The monoisotopic (exact) mass is 462 g/mol. The van der Waals surface area contributed by atoms with Crippen LogP contribution < -0.4 is 0 Å². The van der Waals surface area contributed by atoms with Crippen LogP contribution in [0.3, 0.4) is 0 Å². The van der Waals surface area contributed by atoms with Gasteiger partial charge in [-0.15, -0.1) is 0 Å². The first kappa shape index (κ1) is 24.6. The number of hydrogen-bond acceptors (Lipinski definition) is 1. The minimum Gasteiger partial charge on any atom is -0.381 e. The molecule has 1 aliphatic rings. The van der Waals surface area contributed by atoms with Gasteiger partial charge in [-0.1, -0.05) is 30.3 Å². The fourth-order valence-electron chi connectivity index (χ4n) is 4.20. The van der Waals surface area contributed by atoms with E-state index in [0.29, 0.717) is 36.1 Å². The molecule has 1 fully saturated rings. The third-order valence-corrected chi connectivity index (χ3v) is 6.05. The van der Waals surface area contributed by atoms with Crippen molar-refractivity contribution >= 4 is 0 Å². The van der Waals surface area contributed by atoms with Gasteiger partial charge in [-0.25, -0.2) is 8.78 Å². The van der Waals surface area contributed by atoms with Gasteiger partial charge in [0, 0.05) is 13.2 Å². The Balaban J connectivity index is 1.71. The lowest BCUT2D eigenvalue weighted by Crippen LogP contribution is -2.40. The molecule has 0 radical (unpaired) electrons. The summed E-state index contributed by atoms with van der Waals surface area (Å²) in [5, 5.41) is 0. The minimum atomic E-state index is -5.80. The second-order valence-corrected chi connectivity index (χ2v) is 8.22. The number of alkyl halides is 6. The number of hydrogen-bond donors (Lipinski definition) is 0. The summed E-state index contributed by atoms with van der Waals surface area (Å²) >= 11 is 0. The van der Waals surface area contributed by atoms with Gasteiger partial charge in [0.1, 0.15) is 5.82 Å². The molecule has 0 amide bonds. The highest BCUT2D eigenvalue weighted by molar-refractivity contribution is 5.64. The summed E-state index contributed by atoms with van der Waals surface area (Å²) in [6, 6.07) is 9.53. The third-order valence-electron chi connectivity index (χ3n) is 6.05. The summed E-state index contributed by atoms with van der Waals surface area (Å²) in [5.74, 6) is -5.66. The van der Waals surface area contributed by atoms with Gasteiger partial charge < -0.3 is 4.74 Å². The van der Waals surface area contributed by atoms with Crippen LogP contribution >= 0.6 is 0 Å². The van der Waals surface area contributed by atoms with E-state index in [1.54, 1.807) is 12.1 Å². The summed E-state index contributed by atoms with van der Waals surface area (Å²) in [7, 11) is 0. The molecule has 3 rings (SSSR count). The van der Waals surface area contributed by atoms with Crippen LogP contribution in [0.4, 0.5) is 30.7 Å². The van der Waals surface area contributed by atoms with Crippen molar-refractivity contribution in [1.29, 1.82) is 0 Å². The molecule has 32 heavy (non-hydrogen) atoms. The Morgan fingerprint density at radius 3 is 2.03 bits per heavy atom. The molecule has 8 heteroatoms. The maximum Gasteiger partial charge on any atom is 0.426 e. The highest BCUT2D eigenvalue weighted by Gasteiger charge is 2.58. The summed E-state index contributed by atoms with van der Waals surface area (Å²) in [4.78, 5) is 0. The molecule has 1 unspecified atom stereocenters. The van der Waals surface area contributed by atoms with E-state index in [2.05, 4.69) is 0 Å². The molecule has 0 bridgehead atoms. The molecule has 0 aromatic heterocycles. The molecule has 1 aliphatic carbocycles. The first-order valence-electron chi connectivity index (χ1n) is 10.6. The van der Waals surface area contributed by atoms with E-state index >= 15 is 0 Å². The van der Waals surface area contributed by atoms with Gasteiger partial charge in [0.25, 0.3) is 6.17 Å². The average molecular weight is 462 g/mol. The van der Waals surface area contributed by atoms with Crippen LogP contribution in [-0.4, -0.2) is 25.6 Å². The lowest BCUT2D eigenvalue weighted by molar-refractivity contribution is -0.248. The maximum atomic E-state index is 14.3. The van der Waals surface area contributed by atoms with Crippen LogP contribution in [0.5, 0.6) is 0 Å². The zero-order valence-corrected chi connectivity index (χ0v) is 17.6. The van der Waals surface area contributed by atoms with Gasteiger partial charge in [-0.05, 0) is 73.3 Å². The first-order valence-corrected chi connectivity index (χ1v) is 10.6. The number of ether oxygens (including phenoxy) is 1. The number of rotatable bonds is 7. The normalized spacial score (nSPS) is 20.9. The van der Waals surface area contributed by atoms with Crippen molar-refractivity contribution in [2.24, 2.45) is 5.92 Å². The van der Waals surface area contributed by atoms with Gasteiger partial charge in [0.05, 0.1) is 5.56 Å². The van der Waals surface area contributed by atoms with E-state index in [0.717, 1.165) is 43.9 Å². The van der Waals surface area contributed by atoms with Crippen LogP contribution in [0, 0.1) is 11.7 Å². The van der Waals surface area contributed by atoms with Crippen LogP contribution in [-0.2, 0) is 10.7 Å². The zero-order valence-electron chi connectivity index (χ0n) is 17.6. The predicted molar refractivity (Wildman–Crippen MR) is 108 cm³/mol. The number of halogens is 7. The summed E-state index contributed by atoms with van der Waals surface area (Å²) < 4.78 is 97.9. The second kappa shape index (κ2) is 9.81. The quantitative estimate of drug-likeness (QED) is 0.382. The van der Waals surface area contributed by atoms with Gasteiger partial charge >= 0.3 is 12.1 Å². The molecule has 0 spiro atoms. The highest BCUT2D eigenvalue weighted by atomic mass is 19.4. The van der Waals surface area contributed by atoms with Crippen LogP contribution in [0.1, 0.15) is 49.7 Å². The second-order valence-electron chi connectivity index (χ2n) is 8.22. The highest BCUT2D eigenvalue weighted by Crippen LogP contribution is 2.43. The Morgan fingerprint density at radius 1 is 0.906 bits per heavy atom. The fourth-order valence-corrected chi connectivity index (χ4v) is 4.20. The average Bonchev–Trinajstić information content (AvgIpc) is 2.76. The predicted octanol–water partition coefficient (Wildman–Crippen LogP) is 7.80. The van der Waals surface area contributed by atoms with E-state index in [9.17, 15) is 30.7 Å². The number of benzene rings is 2. The molecule has 176 valence electrons. The van der Waals surface area contributed by atoms with Crippen LogP contribution in [0.15, 0.2) is 42.5 Å². The van der Waals surface area contributed by atoms with Gasteiger partial charge in [0.2, 0.25) is 0 Å². The molecule has 0 heterocycles. The Kier molecular flexibility index (Phi) is 7.53. The molecule has 0 N–H and O–H groups in total. The van der Waals surface area contributed by atoms with Crippen molar-refractivity contribution in [3.63, 3.8) is 0 Å². The van der Waals surface area contributed by atoms with Crippen molar-refractivity contribution in [3.05, 3.63) is 59.4 Å². The van der Waals surface area contributed by atoms with E-state index in [4.69, 9.17) is 4.74 Å². The van der Waals surface area contributed by atoms with Crippen molar-refractivity contribution in [2.75, 3.05) is 13.2 Å². The SMILES string of the molecule is CCOCC1CCC(c2ccc(-c3ccc(C(F)(F)C(F)C(F)(F)F)c(F)c3)cc2)CC1. The van der Waals surface area contributed by atoms with Crippen molar-refractivity contribution in [1.82, 2.24) is 0 Å². The largest absolute Gasteiger partial charge is 0.426 e. The lowest BCUT2D eigenvalue weighted by Gasteiger charge is -2.28. The zero-order chi connectivity index (χ0) is 23.5. The Labute approximate surface area is 182 Å². The van der Waals surface area contributed by atoms with E-state index < -0.39 is 29.7 Å². The molecule has 1 saturated carbocycles. The summed E-state index contributed by atoms with van der Waals surface area (Å²) in [6.45, 7) is 3.45. The van der Waals surface area contributed by atoms with Crippen LogP contribution in [0.25, 0.3) is 11.1 Å². The Bertz CT molecular complexity index is 884. The molecular weight excluding hydrogens is 437 g/mol. The molecule has 1 atom stereocenters. The Hall–Kier alpha value is -2.09. The van der Waals surface area contributed by atoms with Crippen LogP contribution in [0.2, 0.25) is 0 Å². The van der Waals surface area contributed by atoms with Gasteiger partial charge in [0.15, 0.2) is 0 Å². The molecule has 0 aliphatic heterocycles. The third kappa shape index (κ3) is 5.45. The molecular formula is C24H25F7O. The van der Waals surface area contributed by atoms with Gasteiger partial charge in [-0.2, -0.15) is 22.0 Å². The molecule has 2 aromatic rings. The van der Waals surface area contributed by atoms with Crippen molar-refractivity contribution in [3.8, 4) is 11.1 Å². The van der Waals surface area contributed by atoms with Crippen molar-refractivity contribution < 1.29 is 35.5 Å². The van der Waals surface area contributed by atoms with E-state index in [-0.39, 0.29) is 5.56 Å². The summed E-state index contributed by atoms with van der Waals surface area (Å²) in [6.07, 6.45) is -6.09. The minimum absolute atomic E-state index is 0.219. The van der Waals surface area contributed by atoms with E-state index in [1.807, 2.05) is 19.1 Å². The maximum absolute atomic E-state index is 14.3. The van der Waals surface area contributed by atoms with Crippen molar-refractivity contribution in [2.45, 2.75) is 56.8 Å². The smallest absolute Gasteiger partial charge is 0.381 e. The Morgan fingerprint density at radius 2 is 1.50 bits per heavy atom. The fraction of sp³-hybridized carbons (Fsp3) is 0.500. The van der Waals surface area contributed by atoms with Gasteiger partial charge in [-0.3, -0.25) is 0 Å².